The predicted molar refractivity (Wildman–Crippen MR) is 75.1 cm³/mol. The first-order chi connectivity index (χ1) is 9.05. The van der Waals surface area contributed by atoms with Gasteiger partial charge in [0, 0.05) is 18.3 Å². The van der Waals surface area contributed by atoms with Crippen molar-refractivity contribution in [1.29, 1.82) is 0 Å². The number of nitrogens with zero attached hydrogens (tertiary/aromatic N) is 3. The van der Waals surface area contributed by atoms with E-state index in [1.54, 1.807) is 18.3 Å². The normalized spacial score (nSPS) is 11.2. The van der Waals surface area contributed by atoms with E-state index in [1.807, 2.05) is 6.07 Å². The molecule has 0 spiro atoms. The van der Waals surface area contributed by atoms with Crippen LogP contribution in [0.5, 0.6) is 0 Å². The highest BCUT2D eigenvalue weighted by Crippen LogP contribution is 2.08. The summed E-state index contributed by atoms with van der Waals surface area (Å²) in [6.07, 6.45) is 4.76. The monoisotopic (exact) mass is 342 g/mol. The number of halogens is 1. The number of aromatic nitrogens is 3. The van der Waals surface area contributed by atoms with Crippen LogP contribution in [0.2, 0.25) is 0 Å². The van der Waals surface area contributed by atoms with Gasteiger partial charge in [0.2, 0.25) is 10.0 Å². The summed E-state index contributed by atoms with van der Waals surface area (Å²) in [6, 6.07) is 5.39. The van der Waals surface area contributed by atoms with Gasteiger partial charge in [0.1, 0.15) is 4.60 Å². The van der Waals surface area contributed by atoms with E-state index in [2.05, 4.69) is 35.6 Å². The maximum Gasteiger partial charge on any atom is 0.234 e. The summed E-state index contributed by atoms with van der Waals surface area (Å²) >= 11 is 3.13. The van der Waals surface area contributed by atoms with Gasteiger partial charge in [-0.05, 0) is 28.1 Å². The van der Waals surface area contributed by atoms with Crippen LogP contribution in [-0.4, -0.2) is 29.1 Å². The molecule has 0 aliphatic heterocycles. The fourth-order valence-corrected chi connectivity index (χ4v) is 2.57. The van der Waals surface area contributed by atoms with Crippen LogP contribution in [0.4, 0.5) is 5.82 Å². The van der Waals surface area contributed by atoms with Crippen molar-refractivity contribution in [1.82, 2.24) is 15.0 Å². The lowest BCUT2D eigenvalue weighted by molar-refractivity contribution is 0.600. The summed E-state index contributed by atoms with van der Waals surface area (Å²) < 4.78 is 26.6. The van der Waals surface area contributed by atoms with Crippen molar-refractivity contribution >= 4 is 31.8 Å². The largest absolute Gasteiger partial charge is 0.266 e. The second kappa shape index (κ2) is 6.07. The van der Waals surface area contributed by atoms with Gasteiger partial charge < -0.3 is 0 Å². The first-order valence-electron chi connectivity index (χ1n) is 5.43. The van der Waals surface area contributed by atoms with E-state index >= 15 is 0 Å². The van der Waals surface area contributed by atoms with E-state index < -0.39 is 10.0 Å². The molecular weight excluding hydrogens is 332 g/mol. The molecule has 6 nitrogen and oxygen atoms in total. The van der Waals surface area contributed by atoms with Crippen molar-refractivity contribution in [2.45, 2.75) is 6.42 Å². The second-order valence-corrected chi connectivity index (χ2v) is 6.37. The Kier molecular flexibility index (Phi) is 4.43. The maximum atomic E-state index is 11.8. The molecule has 2 aromatic heterocycles. The molecule has 2 rings (SSSR count). The zero-order valence-corrected chi connectivity index (χ0v) is 12.2. The quantitative estimate of drug-likeness (QED) is 0.892. The van der Waals surface area contributed by atoms with Crippen LogP contribution >= 0.6 is 15.9 Å². The summed E-state index contributed by atoms with van der Waals surface area (Å²) in [5.41, 5.74) is 0.731. The molecule has 0 radical (unpaired) electrons. The molecule has 0 saturated heterocycles. The smallest absolute Gasteiger partial charge is 0.234 e. The van der Waals surface area contributed by atoms with Gasteiger partial charge >= 0.3 is 0 Å². The van der Waals surface area contributed by atoms with Crippen LogP contribution in [0.25, 0.3) is 0 Å². The summed E-state index contributed by atoms with van der Waals surface area (Å²) in [4.78, 5) is 11.9. The van der Waals surface area contributed by atoms with E-state index in [0.717, 1.165) is 5.69 Å². The topological polar surface area (TPSA) is 84.8 Å². The summed E-state index contributed by atoms with van der Waals surface area (Å²) in [5, 5.41) is 0. The molecule has 8 heteroatoms. The minimum atomic E-state index is -3.45. The third kappa shape index (κ3) is 4.56. The number of hydrogen-bond donors (Lipinski definition) is 1. The van der Waals surface area contributed by atoms with E-state index in [0.29, 0.717) is 11.0 Å². The number of nitrogens with one attached hydrogen (secondary N) is 1. The predicted octanol–water partition coefficient (Wildman–Crippen LogP) is 1.62. The molecule has 2 aromatic rings. The number of hydrogen-bond acceptors (Lipinski definition) is 5. The van der Waals surface area contributed by atoms with Gasteiger partial charge in [0.15, 0.2) is 5.82 Å². The van der Waals surface area contributed by atoms with Gasteiger partial charge in [-0.2, -0.15) is 0 Å². The Hall–Kier alpha value is -1.54. The molecular formula is C11H11BrN4O2S. The van der Waals surface area contributed by atoms with Gasteiger partial charge in [-0.1, -0.05) is 6.07 Å². The Morgan fingerprint density at radius 1 is 1.16 bits per heavy atom. The fourth-order valence-electron chi connectivity index (χ4n) is 1.36. The average molecular weight is 343 g/mol. The lowest BCUT2D eigenvalue weighted by atomic mass is 10.3. The Labute approximate surface area is 119 Å². The molecule has 0 atom stereocenters. The van der Waals surface area contributed by atoms with E-state index in [-0.39, 0.29) is 11.6 Å². The highest BCUT2D eigenvalue weighted by molar-refractivity contribution is 9.10. The average Bonchev–Trinajstić information content (AvgIpc) is 2.40. The van der Waals surface area contributed by atoms with Gasteiger partial charge in [0.25, 0.3) is 0 Å². The molecule has 2 heterocycles. The Bertz CT molecular complexity index is 632. The van der Waals surface area contributed by atoms with Crippen LogP contribution in [0, 0.1) is 0 Å². The van der Waals surface area contributed by atoms with Gasteiger partial charge in [-0.15, -0.1) is 0 Å². The molecule has 0 aromatic carbocycles. The van der Waals surface area contributed by atoms with Crippen LogP contribution < -0.4 is 4.72 Å². The van der Waals surface area contributed by atoms with Crippen molar-refractivity contribution in [3.05, 3.63) is 47.1 Å². The minimum Gasteiger partial charge on any atom is -0.266 e. The number of rotatable bonds is 5. The van der Waals surface area contributed by atoms with Crippen LogP contribution in [0.3, 0.4) is 0 Å². The van der Waals surface area contributed by atoms with Crippen molar-refractivity contribution in [3.8, 4) is 0 Å². The number of anilines is 1. The first-order valence-corrected chi connectivity index (χ1v) is 7.88. The molecule has 0 bridgehead atoms. The van der Waals surface area contributed by atoms with Crippen molar-refractivity contribution in [3.63, 3.8) is 0 Å². The Balaban J connectivity index is 1.97. The SMILES string of the molecule is O=S(=O)(CCc1ccccn1)Nc1cnc(Br)cn1. The minimum absolute atomic E-state index is 0.0538. The Morgan fingerprint density at radius 3 is 2.63 bits per heavy atom. The molecule has 19 heavy (non-hydrogen) atoms. The summed E-state index contributed by atoms with van der Waals surface area (Å²) in [6.45, 7) is 0. The molecule has 0 amide bonds. The third-order valence-electron chi connectivity index (χ3n) is 2.23. The lowest BCUT2D eigenvalue weighted by Gasteiger charge is -2.06. The van der Waals surface area contributed by atoms with Gasteiger partial charge in [-0.3, -0.25) is 9.71 Å². The Morgan fingerprint density at radius 2 is 2.00 bits per heavy atom. The zero-order chi connectivity index (χ0) is 13.7. The maximum absolute atomic E-state index is 11.8. The van der Waals surface area contributed by atoms with Crippen molar-refractivity contribution < 1.29 is 8.42 Å². The van der Waals surface area contributed by atoms with Gasteiger partial charge in [-0.25, -0.2) is 18.4 Å². The van der Waals surface area contributed by atoms with Crippen molar-refractivity contribution in [2.24, 2.45) is 0 Å². The number of aryl methyl sites for hydroxylation is 1. The molecule has 0 unspecified atom stereocenters. The second-order valence-electron chi connectivity index (χ2n) is 3.72. The van der Waals surface area contributed by atoms with Crippen molar-refractivity contribution in [2.75, 3.05) is 10.5 Å². The van der Waals surface area contributed by atoms with E-state index in [1.165, 1.54) is 12.4 Å². The highest BCUT2D eigenvalue weighted by Gasteiger charge is 2.12. The highest BCUT2D eigenvalue weighted by atomic mass is 79.9. The molecule has 0 saturated carbocycles. The fraction of sp³-hybridized carbons (Fsp3) is 0.182. The van der Waals surface area contributed by atoms with Gasteiger partial charge in [0.05, 0.1) is 18.1 Å². The third-order valence-corrected chi connectivity index (χ3v) is 3.90. The van der Waals surface area contributed by atoms with E-state index in [4.69, 9.17) is 0 Å². The number of pyridine rings is 1. The molecule has 0 aliphatic rings. The summed E-state index contributed by atoms with van der Waals surface area (Å²) in [7, 11) is -3.45. The first kappa shape index (κ1) is 13.9. The molecule has 1 N–H and O–H groups in total. The molecule has 100 valence electrons. The van der Waals surface area contributed by atoms with Crippen LogP contribution in [0.1, 0.15) is 5.69 Å². The zero-order valence-electron chi connectivity index (χ0n) is 9.82. The van der Waals surface area contributed by atoms with Crippen LogP contribution in [-0.2, 0) is 16.4 Å². The van der Waals surface area contributed by atoms with Crippen LogP contribution in [0.15, 0.2) is 41.4 Å². The lowest BCUT2D eigenvalue weighted by Crippen LogP contribution is -2.19. The van der Waals surface area contributed by atoms with E-state index in [9.17, 15) is 8.42 Å². The standard InChI is InChI=1S/C11H11BrN4O2S/c12-10-7-15-11(8-14-10)16-19(17,18)6-4-9-3-1-2-5-13-9/h1-3,5,7-8H,4,6H2,(H,15,16). The molecule has 0 fully saturated rings. The molecule has 0 aliphatic carbocycles. The number of sulfonamides is 1. The summed E-state index contributed by atoms with van der Waals surface area (Å²) in [5.74, 6) is 0.145.